The van der Waals surface area contributed by atoms with E-state index in [1.54, 1.807) is 0 Å². The Hall–Kier alpha value is -0.650. The van der Waals surface area contributed by atoms with Crippen molar-refractivity contribution in [3.8, 4) is 0 Å². The molecule has 1 aliphatic carbocycles. The quantitative estimate of drug-likeness (QED) is 0.695. The van der Waals surface area contributed by atoms with Crippen molar-refractivity contribution in [3.05, 3.63) is 11.3 Å². The SMILES string of the molecule is CC1=C(CF)O[C@@H]2O[C@]3(C)CC[C@H]4[C@H](C)CC[C@@H]1[C@@]24OO3. The summed E-state index contributed by atoms with van der Waals surface area (Å²) < 4.78 is 25.3. The van der Waals surface area contributed by atoms with Gasteiger partial charge in [-0.05, 0) is 44.6 Å². The molecule has 4 fully saturated rings. The lowest BCUT2D eigenvalue weighted by atomic mass is 9.59. The van der Waals surface area contributed by atoms with Crippen LogP contribution in [0.5, 0.6) is 0 Å². The van der Waals surface area contributed by atoms with Gasteiger partial charge in [0.2, 0.25) is 12.1 Å². The molecule has 0 aromatic rings. The zero-order valence-corrected chi connectivity index (χ0v) is 12.9. The lowest BCUT2D eigenvalue weighted by molar-refractivity contribution is -0.556. The van der Waals surface area contributed by atoms with E-state index in [1.807, 2.05) is 13.8 Å². The molecule has 0 amide bonds. The molecule has 0 aromatic carbocycles. The van der Waals surface area contributed by atoms with Crippen LogP contribution in [0.4, 0.5) is 4.39 Å². The van der Waals surface area contributed by atoms with Gasteiger partial charge in [0.15, 0.2) is 5.60 Å². The molecule has 4 nitrogen and oxygen atoms in total. The molecule has 0 unspecified atom stereocenters. The fraction of sp³-hybridized carbons (Fsp3) is 0.875. The van der Waals surface area contributed by atoms with Gasteiger partial charge >= 0.3 is 0 Å². The lowest BCUT2D eigenvalue weighted by Gasteiger charge is -2.57. The van der Waals surface area contributed by atoms with Crippen LogP contribution in [0.15, 0.2) is 11.3 Å². The molecular formula is C16H23FO4. The van der Waals surface area contributed by atoms with Crippen molar-refractivity contribution in [3.63, 3.8) is 0 Å². The van der Waals surface area contributed by atoms with Crippen LogP contribution in [-0.4, -0.2) is 24.4 Å². The van der Waals surface area contributed by atoms with Gasteiger partial charge in [-0.2, -0.15) is 0 Å². The molecule has 4 aliphatic heterocycles. The molecule has 4 heterocycles. The van der Waals surface area contributed by atoms with Gasteiger partial charge in [-0.15, -0.1) is 0 Å². The minimum atomic E-state index is -0.788. The van der Waals surface area contributed by atoms with Crippen LogP contribution in [-0.2, 0) is 19.2 Å². The Labute approximate surface area is 124 Å². The first kappa shape index (κ1) is 14.0. The van der Waals surface area contributed by atoms with E-state index < -0.39 is 24.4 Å². The Morgan fingerprint density at radius 3 is 2.81 bits per heavy atom. The van der Waals surface area contributed by atoms with Gasteiger partial charge in [0, 0.05) is 18.3 Å². The number of halogens is 1. The highest BCUT2D eigenvalue weighted by Gasteiger charge is 2.68. The fourth-order valence-electron chi connectivity index (χ4n) is 4.81. The van der Waals surface area contributed by atoms with E-state index in [4.69, 9.17) is 19.2 Å². The zero-order valence-electron chi connectivity index (χ0n) is 12.9. The molecule has 0 N–H and O–H groups in total. The minimum Gasteiger partial charge on any atom is -0.463 e. The normalized spacial score (nSPS) is 52.2. The van der Waals surface area contributed by atoms with Gasteiger partial charge in [0.05, 0.1) is 0 Å². The molecule has 3 saturated heterocycles. The first-order valence-electron chi connectivity index (χ1n) is 7.97. The maximum Gasteiger partial charge on any atom is 0.235 e. The molecule has 0 aromatic heterocycles. The van der Waals surface area contributed by atoms with Crippen molar-refractivity contribution >= 4 is 0 Å². The van der Waals surface area contributed by atoms with E-state index in [9.17, 15) is 4.39 Å². The second-order valence-corrected chi connectivity index (χ2v) is 7.21. The molecule has 5 heteroatoms. The number of ether oxygens (including phenoxy) is 2. The summed E-state index contributed by atoms with van der Waals surface area (Å²) in [7, 11) is 0. The average molecular weight is 298 g/mol. The van der Waals surface area contributed by atoms with Crippen LogP contribution in [0, 0.1) is 17.8 Å². The number of fused-ring (bicyclic) bond motifs is 2. The summed E-state index contributed by atoms with van der Waals surface area (Å²) in [6.45, 7) is 5.51. The summed E-state index contributed by atoms with van der Waals surface area (Å²) in [5, 5.41) is 0. The molecule has 5 rings (SSSR count). The van der Waals surface area contributed by atoms with Crippen molar-refractivity contribution in [1.29, 1.82) is 0 Å². The Morgan fingerprint density at radius 1 is 1.24 bits per heavy atom. The van der Waals surface area contributed by atoms with Crippen LogP contribution in [0.1, 0.15) is 46.5 Å². The summed E-state index contributed by atoms with van der Waals surface area (Å²) >= 11 is 0. The lowest BCUT2D eigenvalue weighted by Crippen LogP contribution is -2.66. The number of hydrogen-bond donors (Lipinski definition) is 0. The van der Waals surface area contributed by atoms with Crippen molar-refractivity contribution in [2.75, 3.05) is 6.67 Å². The van der Waals surface area contributed by atoms with Crippen LogP contribution in [0.25, 0.3) is 0 Å². The summed E-state index contributed by atoms with van der Waals surface area (Å²) in [6.07, 6.45) is 3.30. The average Bonchev–Trinajstić information content (AvgIpc) is 2.69. The molecule has 5 aliphatic rings. The topological polar surface area (TPSA) is 36.9 Å². The molecule has 118 valence electrons. The van der Waals surface area contributed by atoms with Crippen molar-refractivity contribution in [1.82, 2.24) is 0 Å². The van der Waals surface area contributed by atoms with Crippen molar-refractivity contribution < 1.29 is 23.6 Å². The Kier molecular flexibility index (Phi) is 2.95. The highest BCUT2D eigenvalue weighted by atomic mass is 19.1. The zero-order chi connectivity index (χ0) is 14.8. The molecule has 2 bridgehead atoms. The van der Waals surface area contributed by atoms with Gasteiger partial charge in [0.1, 0.15) is 12.4 Å². The Morgan fingerprint density at radius 2 is 2.05 bits per heavy atom. The maximum atomic E-state index is 13.3. The number of allylic oxidation sites excluding steroid dienone is 1. The van der Waals surface area contributed by atoms with Crippen LogP contribution in [0.2, 0.25) is 0 Å². The van der Waals surface area contributed by atoms with Gasteiger partial charge in [-0.3, -0.25) is 0 Å². The highest BCUT2D eigenvalue weighted by Crippen LogP contribution is 2.60. The third kappa shape index (κ3) is 1.71. The molecule has 1 saturated carbocycles. The predicted molar refractivity (Wildman–Crippen MR) is 72.6 cm³/mol. The van der Waals surface area contributed by atoms with Gasteiger partial charge in [-0.1, -0.05) is 6.92 Å². The molecule has 6 atom stereocenters. The number of alkyl halides is 1. The van der Waals surface area contributed by atoms with Crippen LogP contribution < -0.4 is 0 Å². The molecule has 0 radical (unpaired) electrons. The Balaban J connectivity index is 1.86. The van der Waals surface area contributed by atoms with E-state index >= 15 is 0 Å². The van der Waals surface area contributed by atoms with Gasteiger partial charge < -0.3 is 9.47 Å². The molecule has 1 spiro atoms. The minimum absolute atomic E-state index is 0.117. The maximum absolute atomic E-state index is 13.3. The standard InChI is InChI=1S/C16H23FO4/c1-9-4-5-12-10(2)13(8-17)18-14-16(12)11(9)6-7-15(3,19-14)20-21-16/h9,11-12,14H,4-8H2,1-3H3/t9-,11+,12+,14-,15+,16-/m1/s1. The first-order valence-corrected chi connectivity index (χ1v) is 7.97. The van der Waals surface area contributed by atoms with Crippen molar-refractivity contribution in [2.24, 2.45) is 17.8 Å². The third-order valence-electron chi connectivity index (χ3n) is 6.05. The largest absolute Gasteiger partial charge is 0.463 e. The molecular weight excluding hydrogens is 275 g/mol. The van der Waals surface area contributed by atoms with Crippen LogP contribution >= 0.6 is 0 Å². The summed E-state index contributed by atoms with van der Waals surface area (Å²) in [5.74, 6) is 0.598. The summed E-state index contributed by atoms with van der Waals surface area (Å²) in [5.41, 5.74) is 0.347. The van der Waals surface area contributed by atoms with E-state index in [1.165, 1.54) is 0 Å². The molecule has 21 heavy (non-hydrogen) atoms. The van der Waals surface area contributed by atoms with Crippen molar-refractivity contribution in [2.45, 2.75) is 64.1 Å². The summed E-state index contributed by atoms with van der Waals surface area (Å²) in [4.78, 5) is 11.6. The van der Waals surface area contributed by atoms with Gasteiger partial charge in [-0.25, -0.2) is 14.2 Å². The second kappa shape index (κ2) is 4.43. The first-order chi connectivity index (χ1) is 10.00. The Bertz CT molecular complexity index is 493. The fourth-order valence-corrected chi connectivity index (χ4v) is 4.81. The predicted octanol–water partition coefficient (Wildman–Crippen LogP) is 3.48. The number of hydrogen-bond acceptors (Lipinski definition) is 4. The number of rotatable bonds is 1. The van der Waals surface area contributed by atoms with E-state index in [2.05, 4.69) is 6.92 Å². The smallest absolute Gasteiger partial charge is 0.235 e. The van der Waals surface area contributed by atoms with E-state index in [0.29, 0.717) is 17.6 Å². The summed E-state index contributed by atoms with van der Waals surface area (Å²) in [6, 6.07) is 0. The van der Waals surface area contributed by atoms with Crippen LogP contribution in [0.3, 0.4) is 0 Å². The third-order valence-corrected chi connectivity index (χ3v) is 6.05. The van der Waals surface area contributed by atoms with E-state index in [-0.39, 0.29) is 5.92 Å². The second-order valence-electron chi connectivity index (χ2n) is 7.21. The van der Waals surface area contributed by atoms with E-state index in [0.717, 1.165) is 31.3 Å². The monoisotopic (exact) mass is 298 g/mol. The highest BCUT2D eigenvalue weighted by molar-refractivity contribution is 5.24. The van der Waals surface area contributed by atoms with Gasteiger partial charge in [0.25, 0.3) is 0 Å².